The van der Waals surface area contributed by atoms with Crippen LogP contribution in [0, 0.1) is 5.92 Å². The first kappa shape index (κ1) is 14.4. The molecule has 3 rings (SSSR count). The van der Waals surface area contributed by atoms with E-state index in [2.05, 4.69) is 11.0 Å². The van der Waals surface area contributed by atoms with Crippen molar-refractivity contribution in [3.8, 4) is 0 Å². The van der Waals surface area contributed by atoms with Crippen molar-refractivity contribution in [3.63, 3.8) is 0 Å². The van der Waals surface area contributed by atoms with Crippen LogP contribution < -0.4 is 4.90 Å². The maximum absolute atomic E-state index is 12.8. The van der Waals surface area contributed by atoms with Gasteiger partial charge in [0, 0.05) is 44.9 Å². The van der Waals surface area contributed by atoms with Gasteiger partial charge in [0.1, 0.15) is 0 Å². The molecule has 1 atom stereocenters. The van der Waals surface area contributed by atoms with Gasteiger partial charge in [0.15, 0.2) is 0 Å². The second-order valence-electron chi connectivity index (χ2n) is 6.13. The number of amides is 1. The molecule has 2 aliphatic rings. The van der Waals surface area contributed by atoms with Crippen LogP contribution >= 0.6 is 0 Å². The molecule has 4 nitrogen and oxygen atoms in total. The quantitative estimate of drug-likeness (QED) is 0.853. The van der Waals surface area contributed by atoms with Gasteiger partial charge in [-0.15, -0.1) is 0 Å². The van der Waals surface area contributed by atoms with Gasteiger partial charge >= 0.3 is 0 Å². The minimum absolute atomic E-state index is 0.129. The van der Waals surface area contributed by atoms with E-state index in [1.165, 1.54) is 12.8 Å². The summed E-state index contributed by atoms with van der Waals surface area (Å²) in [5.74, 6) is 0.613. The third-order valence-corrected chi connectivity index (χ3v) is 4.48. The van der Waals surface area contributed by atoms with Gasteiger partial charge in [0.2, 0.25) is 0 Å². The molecule has 21 heavy (non-hydrogen) atoms. The number of rotatable bonds is 4. The van der Waals surface area contributed by atoms with Gasteiger partial charge in [0.25, 0.3) is 5.91 Å². The molecule has 0 N–H and O–H groups in total. The Balaban J connectivity index is 1.73. The molecule has 1 aromatic rings. The van der Waals surface area contributed by atoms with Crippen molar-refractivity contribution in [2.75, 3.05) is 44.8 Å². The molecule has 0 spiro atoms. The Morgan fingerprint density at radius 1 is 1.33 bits per heavy atom. The largest absolute Gasteiger partial charge is 0.381 e. The molecule has 0 radical (unpaired) electrons. The maximum atomic E-state index is 12.8. The van der Waals surface area contributed by atoms with Crippen LogP contribution in [-0.2, 0) is 4.74 Å². The highest BCUT2D eigenvalue weighted by atomic mass is 16.5. The predicted octanol–water partition coefficient (Wildman–Crippen LogP) is 2.40. The number of hydrogen-bond donors (Lipinski definition) is 0. The maximum Gasteiger partial charge on any atom is 0.255 e. The first-order valence-corrected chi connectivity index (χ1v) is 7.93. The van der Waals surface area contributed by atoms with Crippen LogP contribution in [0.25, 0.3) is 0 Å². The first-order valence-electron chi connectivity index (χ1n) is 7.93. The average Bonchev–Trinajstić information content (AvgIpc) is 3.19. The van der Waals surface area contributed by atoms with E-state index in [1.807, 2.05) is 30.1 Å². The number of ether oxygens (including phenoxy) is 1. The number of anilines is 1. The molecule has 4 heteroatoms. The summed E-state index contributed by atoms with van der Waals surface area (Å²) < 4.78 is 5.40. The van der Waals surface area contributed by atoms with Crippen LogP contribution in [0.1, 0.15) is 29.6 Å². The van der Waals surface area contributed by atoms with E-state index in [1.54, 1.807) is 0 Å². The molecule has 1 amide bonds. The van der Waals surface area contributed by atoms with Crippen molar-refractivity contribution >= 4 is 11.6 Å². The van der Waals surface area contributed by atoms with E-state index in [0.717, 1.165) is 50.5 Å². The van der Waals surface area contributed by atoms with Crippen molar-refractivity contribution in [2.45, 2.75) is 19.3 Å². The third kappa shape index (κ3) is 3.21. The molecule has 0 bridgehead atoms. The summed E-state index contributed by atoms with van der Waals surface area (Å²) in [4.78, 5) is 17.0. The second kappa shape index (κ2) is 6.48. The summed E-state index contributed by atoms with van der Waals surface area (Å²) >= 11 is 0. The lowest BCUT2D eigenvalue weighted by atomic mass is 10.1. The lowest BCUT2D eigenvalue weighted by Gasteiger charge is -2.25. The average molecular weight is 288 g/mol. The highest BCUT2D eigenvalue weighted by Gasteiger charge is 2.24. The Morgan fingerprint density at radius 3 is 2.81 bits per heavy atom. The number of benzene rings is 1. The van der Waals surface area contributed by atoms with Crippen molar-refractivity contribution in [2.24, 2.45) is 5.92 Å². The first-order chi connectivity index (χ1) is 10.3. The standard InChI is InChI=1S/C17H24N2O2/c1-18(12-14-8-11-21-13-14)17(20)15-6-2-3-7-16(15)19-9-4-5-10-19/h2-3,6-7,14H,4-5,8-13H2,1H3/t14-/m0/s1. The van der Waals surface area contributed by atoms with Crippen LogP contribution in [0.15, 0.2) is 24.3 Å². The zero-order valence-electron chi connectivity index (χ0n) is 12.8. The highest BCUT2D eigenvalue weighted by molar-refractivity contribution is 5.99. The smallest absolute Gasteiger partial charge is 0.255 e. The van der Waals surface area contributed by atoms with Crippen LogP contribution in [0.4, 0.5) is 5.69 Å². The van der Waals surface area contributed by atoms with E-state index in [4.69, 9.17) is 4.74 Å². The van der Waals surface area contributed by atoms with Gasteiger partial charge in [-0.2, -0.15) is 0 Å². The van der Waals surface area contributed by atoms with Crippen molar-refractivity contribution in [1.82, 2.24) is 4.90 Å². The molecule has 0 saturated carbocycles. The zero-order valence-corrected chi connectivity index (χ0v) is 12.8. The topological polar surface area (TPSA) is 32.8 Å². The Morgan fingerprint density at radius 2 is 2.10 bits per heavy atom. The number of para-hydroxylation sites is 1. The molecule has 1 aromatic carbocycles. The van der Waals surface area contributed by atoms with Gasteiger partial charge in [-0.1, -0.05) is 12.1 Å². The van der Waals surface area contributed by atoms with Gasteiger partial charge in [-0.05, 0) is 31.4 Å². The van der Waals surface area contributed by atoms with Gasteiger partial charge in [-0.25, -0.2) is 0 Å². The van der Waals surface area contributed by atoms with Crippen LogP contribution in [0.3, 0.4) is 0 Å². The van der Waals surface area contributed by atoms with Crippen molar-refractivity contribution in [1.29, 1.82) is 0 Å². The van der Waals surface area contributed by atoms with Crippen molar-refractivity contribution in [3.05, 3.63) is 29.8 Å². The molecule has 2 heterocycles. The SMILES string of the molecule is CN(C[C@@H]1CCOC1)C(=O)c1ccccc1N1CCCC1. The molecule has 114 valence electrons. The van der Waals surface area contributed by atoms with Gasteiger partial charge < -0.3 is 14.5 Å². The zero-order chi connectivity index (χ0) is 14.7. The van der Waals surface area contributed by atoms with Gasteiger partial charge in [-0.3, -0.25) is 4.79 Å². The minimum Gasteiger partial charge on any atom is -0.381 e. The highest BCUT2D eigenvalue weighted by Crippen LogP contribution is 2.26. The monoisotopic (exact) mass is 288 g/mol. The number of carbonyl (C=O) groups excluding carboxylic acids is 1. The lowest BCUT2D eigenvalue weighted by Crippen LogP contribution is -2.33. The molecular formula is C17H24N2O2. The summed E-state index contributed by atoms with van der Waals surface area (Å²) in [7, 11) is 1.90. The Bertz CT molecular complexity index is 491. The normalized spacial score (nSPS) is 21.8. The number of nitrogens with zero attached hydrogens (tertiary/aromatic N) is 2. The lowest BCUT2D eigenvalue weighted by molar-refractivity contribution is 0.0766. The summed E-state index contributed by atoms with van der Waals surface area (Å²) in [6, 6.07) is 8.01. The minimum atomic E-state index is 0.129. The van der Waals surface area contributed by atoms with Crippen LogP contribution in [-0.4, -0.2) is 50.7 Å². The van der Waals surface area contributed by atoms with Crippen molar-refractivity contribution < 1.29 is 9.53 Å². The Hall–Kier alpha value is -1.55. The fourth-order valence-corrected chi connectivity index (χ4v) is 3.29. The molecule has 2 aliphatic heterocycles. The molecular weight excluding hydrogens is 264 g/mol. The van der Waals surface area contributed by atoms with E-state index in [0.29, 0.717) is 5.92 Å². The van der Waals surface area contributed by atoms with Crippen LogP contribution in [0.5, 0.6) is 0 Å². The molecule has 2 saturated heterocycles. The van der Waals surface area contributed by atoms with Gasteiger partial charge in [0.05, 0.1) is 12.2 Å². The van der Waals surface area contributed by atoms with E-state index >= 15 is 0 Å². The van der Waals surface area contributed by atoms with Crippen LogP contribution in [0.2, 0.25) is 0 Å². The summed E-state index contributed by atoms with van der Waals surface area (Å²) in [6.45, 7) is 4.52. The summed E-state index contributed by atoms with van der Waals surface area (Å²) in [5, 5.41) is 0. The molecule has 0 unspecified atom stereocenters. The van der Waals surface area contributed by atoms with E-state index < -0.39 is 0 Å². The second-order valence-corrected chi connectivity index (χ2v) is 6.13. The molecule has 2 fully saturated rings. The summed E-state index contributed by atoms with van der Waals surface area (Å²) in [5.41, 5.74) is 1.93. The predicted molar refractivity (Wildman–Crippen MR) is 83.8 cm³/mol. The fourth-order valence-electron chi connectivity index (χ4n) is 3.29. The van der Waals surface area contributed by atoms with E-state index in [-0.39, 0.29) is 5.91 Å². The Labute approximate surface area is 126 Å². The third-order valence-electron chi connectivity index (χ3n) is 4.48. The number of carbonyl (C=O) groups is 1. The summed E-state index contributed by atoms with van der Waals surface area (Å²) in [6.07, 6.45) is 3.50. The Kier molecular flexibility index (Phi) is 4.44. The fraction of sp³-hybridized carbons (Fsp3) is 0.588. The molecule has 0 aliphatic carbocycles. The van der Waals surface area contributed by atoms with E-state index in [9.17, 15) is 4.79 Å². The molecule has 0 aromatic heterocycles. The number of hydrogen-bond acceptors (Lipinski definition) is 3.